The van der Waals surface area contributed by atoms with E-state index in [0.717, 1.165) is 17.7 Å². The number of methoxy groups -OCH3 is 1. The molecule has 0 bridgehead atoms. The van der Waals surface area contributed by atoms with Crippen molar-refractivity contribution in [2.24, 2.45) is 0 Å². The molecule has 3 rings (SSSR count). The van der Waals surface area contributed by atoms with Crippen molar-refractivity contribution in [2.45, 2.75) is 13.1 Å². The number of hydrogen-bond acceptors (Lipinski definition) is 3. The van der Waals surface area contributed by atoms with Crippen LogP contribution in [-0.2, 0) is 6.18 Å². The van der Waals surface area contributed by atoms with Crippen LogP contribution in [0, 0.1) is 6.92 Å². The number of ether oxygens (including phenoxy) is 1. The monoisotopic (exact) mass is 375 g/mol. The first-order chi connectivity index (χ1) is 12.8. The van der Waals surface area contributed by atoms with Gasteiger partial charge in [-0.3, -0.25) is 4.79 Å². The van der Waals surface area contributed by atoms with Crippen LogP contribution in [-0.4, -0.2) is 13.0 Å². The first-order valence-corrected chi connectivity index (χ1v) is 8.01. The Labute approximate surface area is 153 Å². The molecule has 0 atom stereocenters. The van der Waals surface area contributed by atoms with Crippen LogP contribution < -0.4 is 10.1 Å². The SMILES string of the molecule is COc1ccc(C)cc1NC(=O)c1ccc(-c2cccc(C(F)(F)F)c2)o1. The number of furan rings is 1. The third-order valence-electron chi connectivity index (χ3n) is 3.91. The van der Waals surface area contributed by atoms with Crippen LogP contribution in [0.1, 0.15) is 21.7 Å². The topological polar surface area (TPSA) is 51.5 Å². The number of alkyl halides is 3. The quantitative estimate of drug-likeness (QED) is 0.652. The van der Waals surface area contributed by atoms with Gasteiger partial charge in [0.05, 0.1) is 18.4 Å². The first kappa shape index (κ1) is 18.6. The highest BCUT2D eigenvalue weighted by atomic mass is 19.4. The van der Waals surface area contributed by atoms with Crippen molar-refractivity contribution in [3.05, 3.63) is 71.5 Å². The van der Waals surface area contributed by atoms with E-state index in [-0.39, 0.29) is 17.1 Å². The van der Waals surface area contributed by atoms with Crippen LogP contribution in [0.5, 0.6) is 5.75 Å². The zero-order chi connectivity index (χ0) is 19.6. The molecule has 0 radical (unpaired) electrons. The second-order valence-corrected chi connectivity index (χ2v) is 5.90. The molecule has 1 aromatic heterocycles. The molecule has 1 N–H and O–H groups in total. The third kappa shape index (κ3) is 4.13. The van der Waals surface area contributed by atoms with E-state index >= 15 is 0 Å². The molecule has 4 nitrogen and oxygen atoms in total. The van der Waals surface area contributed by atoms with Crippen molar-refractivity contribution < 1.29 is 27.1 Å². The minimum atomic E-state index is -4.45. The molecular weight excluding hydrogens is 359 g/mol. The van der Waals surface area contributed by atoms with Crippen molar-refractivity contribution in [1.29, 1.82) is 0 Å². The molecule has 140 valence electrons. The first-order valence-electron chi connectivity index (χ1n) is 8.01. The van der Waals surface area contributed by atoms with Crippen molar-refractivity contribution in [2.75, 3.05) is 12.4 Å². The lowest BCUT2D eigenvalue weighted by atomic mass is 10.1. The zero-order valence-corrected chi connectivity index (χ0v) is 14.6. The van der Waals surface area contributed by atoms with E-state index in [1.165, 1.54) is 31.4 Å². The van der Waals surface area contributed by atoms with Crippen LogP contribution >= 0.6 is 0 Å². The van der Waals surface area contributed by atoms with Gasteiger partial charge in [-0.05, 0) is 48.9 Å². The minimum Gasteiger partial charge on any atom is -0.495 e. The Morgan fingerprint density at radius 1 is 1.07 bits per heavy atom. The number of hydrogen-bond donors (Lipinski definition) is 1. The number of benzene rings is 2. The van der Waals surface area contributed by atoms with Gasteiger partial charge in [0.25, 0.3) is 5.91 Å². The molecular formula is C20H16F3NO3. The Kier molecular flexibility index (Phi) is 4.94. The molecule has 2 aromatic carbocycles. The lowest BCUT2D eigenvalue weighted by Crippen LogP contribution is -2.11. The summed E-state index contributed by atoms with van der Waals surface area (Å²) in [6, 6.07) is 12.9. The summed E-state index contributed by atoms with van der Waals surface area (Å²) in [5.74, 6) is 0.101. The fourth-order valence-corrected chi connectivity index (χ4v) is 2.57. The second kappa shape index (κ2) is 7.19. The van der Waals surface area contributed by atoms with Crippen LogP contribution in [0.4, 0.5) is 18.9 Å². The van der Waals surface area contributed by atoms with Gasteiger partial charge in [-0.2, -0.15) is 13.2 Å². The highest BCUT2D eigenvalue weighted by molar-refractivity contribution is 6.03. The number of rotatable bonds is 4. The average molecular weight is 375 g/mol. The Bertz CT molecular complexity index is 977. The largest absolute Gasteiger partial charge is 0.495 e. The molecule has 0 fully saturated rings. The van der Waals surface area contributed by atoms with E-state index in [1.54, 1.807) is 12.1 Å². The molecule has 0 aliphatic carbocycles. The summed E-state index contributed by atoms with van der Waals surface area (Å²) < 4.78 is 49.2. The molecule has 1 amide bonds. The fourth-order valence-electron chi connectivity index (χ4n) is 2.57. The van der Waals surface area contributed by atoms with Crippen molar-refractivity contribution >= 4 is 11.6 Å². The standard InChI is InChI=1S/C20H16F3NO3/c1-12-6-7-17(26-2)15(10-12)24-19(25)18-9-8-16(27-18)13-4-3-5-14(11-13)20(21,22)23/h3-11H,1-2H3,(H,24,25). The maximum absolute atomic E-state index is 12.9. The number of carbonyl (C=O) groups excluding carboxylic acids is 1. The fraction of sp³-hybridized carbons (Fsp3) is 0.150. The van der Waals surface area contributed by atoms with Crippen LogP contribution in [0.3, 0.4) is 0 Å². The van der Waals surface area contributed by atoms with Gasteiger partial charge in [-0.1, -0.05) is 18.2 Å². The Morgan fingerprint density at radius 2 is 1.85 bits per heavy atom. The molecule has 0 spiro atoms. The zero-order valence-electron chi connectivity index (χ0n) is 14.6. The van der Waals surface area contributed by atoms with Gasteiger partial charge in [-0.25, -0.2) is 0 Å². The number of carbonyl (C=O) groups is 1. The lowest BCUT2D eigenvalue weighted by Gasteiger charge is -2.10. The minimum absolute atomic E-state index is 0.0222. The Morgan fingerprint density at radius 3 is 2.56 bits per heavy atom. The predicted molar refractivity (Wildman–Crippen MR) is 94.8 cm³/mol. The summed E-state index contributed by atoms with van der Waals surface area (Å²) in [5.41, 5.74) is 0.846. The molecule has 0 aliphatic heterocycles. The van der Waals surface area contributed by atoms with Gasteiger partial charge >= 0.3 is 6.18 Å². The molecule has 7 heteroatoms. The Balaban J connectivity index is 1.84. The molecule has 3 aromatic rings. The van der Waals surface area contributed by atoms with E-state index in [9.17, 15) is 18.0 Å². The summed E-state index contributed by atoms with van der Waals surface area (Å²) in [4.78, 5) is 12.4. The van der Waals surface area contributed by atoms with Crippen LogP contribution in [0.2, 0.25) is 0 Å². The van der Waals surface area contributed by atoms with E-state index in [4.69, 9.17) is 9.15 Å². The molecule has 0 unspecified atom stereocenters. The van der Waals surface area contributed by atoms with Gasteiger partial charge in [0.2, 0.25) is 0 Å². The maximum Gasteiger partial charge on any atom is 0.416 e. The number of aryl methyl sites for hydroxylation is 1. The molecule has 0 saturated carbocycles. The molecule has 0 saturated heterocycles. The van der Waals surface area contributed by atoms with Crippen molar-refractivity contribution in [1.82, 2.24) is 0 Å². The summed E-state index contributed by atoms with van der Waals surface area (Å²) in [6.07, 6.45) is -4.45. The maximum atomic E-state index is 12.9. The number of amides is 1. The summed E-state index contributed by atoms with van der Waals surface area (Å²) in [6.45, 7) is 1.87. The molecule has 1 heterocycles. The normalized spacial score (nSPS) is 11.3. The van der Waals surface area contributed by atoms with Gasteiger partial charge in [0.1, 0.15) is 11.5 Å². The number of halogens is 3. The summed E-state index contributed by atoms with van der Waals surface area (Å²) >= 11 is 0. The van der Waals surface area contributed by atoms with E-state index in [0.29, 0.717) is 11.4 Å². The smallest absolute Gasteiger partial charge is 0.416 e. The summed E-state index contributed by atoms with van der Waals surface area (Å²) in [7, 11) is 1.49. The van der Waals surface area contributed by atoms with Crippen molar-refractivity contribution in [3.8, 4) is 17.1 Å². The molecule has 0 aliphatic rings. The number of nitrogens with one attached hydrogen (secondary N) is 1. The Hall–Kier alpha value is -3.22. The highest BCUT2D eigenvalue weighted by Crippen LogP contribution is 2.33. The van der Waals surface area contributed by atoms with Gasteiger partial charge < -0.3 is 14.5 Å². The molecule has 27 heavy (non-hydrogen) atoms. The average Bonchev–Trinajstić information content (AvgIpc) is 3.12. The van der Waals surface area contributed by atoms with Crippen molar-refractivity contribution in [3.63, 3.8) is 0 Å². The van der Waals surface area contributed by atoms with Crippen LogP contribution in [0.25, 0.3) is 11.3 Å². The lowest BCUT2D eigenvalue weighted by molar-refractivity contribution is -0.137. The van der Waals surface area contributed by atoms with E-state index in [1.807, 2.05) is 13.0 Å². The van der Waals surface area contributed by atoms with E-state index < -0.39 is 17.6 Å². The van der Waals surface area contributed by atoms with E-state index in [2.05, 4.69) is 5.32 Å². The summed E-state index contributed by atoms with van der Waals surface area (Å²) in [5, 5.41) is 2.68. The predicted octanol–water partition coefficient (Wildman–Crippen LogP) is 5.53. The van der Waals surface area contributed by atoms with Crippen LogP contribution in [0.15, 0.2) is 59.0 Å². The second-order valence-electron chi connectivity index (χ2n) is 5.90. The van der Waals surface area contributed by atoms with Gasteiger partial charge in [0.15, 0.2) is 5.76 Å². The third-order valence-corrected chi connectivity index (χ3v) is 3.91. The van der Waals surface area contributed by atoms with Gasteiger partial charge in [0, 0.05) is 5.56 Å². The number of anilines is 1. The van der Waals surface area contributed by atoms with Gasteiger partial charge in [-0.15, -0.1) is 0 Å². The highest BCUT2D eigenvalue weighted by Gasteiger charge is 2.30.